The summed E-state index contributed by atoms with van der Waals surface area (Å²) in [5.74, 6) is 0.663. The lowest BCUT2D eigenvalue weighted by atomic mass is 10.2. The molecule has 0 N–H and O–H groups in total. The van der Waals surface area contributed by atoms with Gasteiger partial charge in [-0.25, -0.2) is 0 Å². The Morgan fingerprint density at radius 2 is 1.93 bits per heavy atom. The van der Waals surface area contributed by atoms with E-state index in [1.165, 1.54) is 11.3 Å². The number of benzene rings is 2. The average Bonchev–Trinajstić information content (AvgIpc) is 3.28. The highest BCUT2D eigenvalue weighted by atomic mass is 32.1. The molecule has 0 atom stereocenters. The molecular weight excluding hydrogens is 380 g/mol. The average molecular weight is 398 g/mol. The quantitative estimate of drug-likeness (QED) is 0.617. The van der Waals surface area contributed by atoms with Crippen molar-refractivity contribution >= 4 is 33.4 Å². The van der Waals surface area contributed by atoms with Crippen molar-refractivity contribution in [1.29, 1.82) is 0 Å². The van der Waals surface area contributed by atoms with E-state index in [9.17, 15) is 9.59 Å². The number of hydrogen-bond donors (Lipinski definition) is 0. The molecule has 0 unspecified atom stereocenters. The number of carbonyl (C=O) groups is 2. The van der Waals surface area contributed by atoms with Crippen LogP contribution in [0.5, 0.6) is 11.5 Å². The second-order valence-electron chi connectivity index (χ2n) is 6.05. The first kappa shape index (κ1) is 18.2. The van der Waals surface area contributed by atoms with E-state index in [0.717, 1.165) is 10.2 Å². The summed E-state index contributed by atoms with van der Waals surface area (Å²) < 4.78 is 18.7. The van der Waals surface area contributed by atoms with Gasteiger partial charge in [0.25, 0.3) is 5.91 Å². The summed E-state index contributed by atoms with van der Waals surface area (Å²) in [6.45, 7) is 2.62. The summed E-state index contributed by atoms with van der Waals surface area (Å²) >= 11 is 1.37. The van der Waals surface area contributed by atoms with Crippen molar-refractivity contribution in [3.63, 3.8) is 0 Å². The number of rotatable bonds is 5. The van der Waals surface area contributed by atoms with Crippen LogP contribution in [0.3, 0.4) is 0 Å². The SMILES string of the molecule is CCOC(=O)CCn1c(=NC(=O)c2ccccc2)sc2cc3c(cc21)OCO3. The van der Waals surface area contributed by atoms with Gasteiger partial charge in [-0.15, -0.1) is 0 Å². The van der Waals surface area contributed by atoms with Crippen molar-refractivity contribution in [3.05, 3.63) is 52.8 Å². The Labute approximate surface area is 164 Å². The largest absolute Gasteiger partial charge is 0.466 e. The fourth-order valence-electron chi connectivity index (χ4n) is 2.93. The fraction of sp³-hybridized carbons (Fsp3) is 0.250. The molecule has 1 aromatic heterocycles. The molecule has 1 amide bonds. The first-order chi connectivity index (χ1) is 13.7. The summed E-state index contributed by atoms with van der Waals surface area (Å²) in [5, 5.41) is 0. The van der Waals surface area contributed by atoms with Crippen molar-refractivity contribution in [2.75, 3.05) is 13.4 Å². The van der Waals surface area contributed by atoms with E-state index in [1.807, 2.05) is 22.8 Å². The molecule has 0 saturated carbocycles. The minimum absolute atomic E-state index is 0.180. The highest BCUT2D eigenvalue weighted by molar-refractivity contribution is 7.16. The van der Waals surface area contributed by atoms with Crippen molar-refractivity contribution in [2.45, 2.75) is 19.9 Å². The number of ether oxygens (including phenoxy) is 3. The molecule has 2 heterocycles. The Morgan fingerprint density at radius 1 is 1.18 bits per heavy atom. The normalized spacial score (nSPS) is 13.1. The molecule has 0 aliphatic carbocycles. The fourth-order valence-corrected chi connectivity index (χ4v) is 3.99. The number of hydrogen-bond acceptors (Lipinski definition) is 6. The highest BCUT2D eigenvalue weighted by Gasteiger charge is 2.18. The lowest BCUT2D eigenvalue weighted by Gasteiger charge is -2.06. The van der Waals surface area contributed by atoms with Crippen LogP contribution in [0, 0.1) is 0 Å². The topological polar surface area (TPSA) is 79.1 Å². The lowest BCUT2D eigenvalue weighted by Crippen LogP contribution is -2.19. The van der Waals surface area contributed by atoms with Gasteiger partial charge in [0.05, 0.1) is 23.2 Å². The lowest BCUT2D eigenvalue weighted by molar-refractivity contribution is -0.143. The molecule has 144 valence electrons. The molecule has 0 bridgehead atoms. The van der Waals surface area contributed by atoms with Crippen molar-refractivity contribution < 1.29 is 23.8 Å². The van der Waals surface area contributed by atoms with Crippen molar-refractivity contribution in [3.8, 4) is 11.5 Å². The third-order valence-electron chi connectivity index (χ3n) is 4.24. The monoisotopic (exact) mass is 398 g/mol. The van der Waals surface area contributed by atoms with Crippen LogP contribution >= 0.6 is 11.3 Å². The van der Waals surface area contributed by atoms with E-state index in [-0.39, 0.29) is 25.1 Å². The van der Waals surface area contributed by atoms with Gasteiger partial charge in [-0.05, 0) is 19.1 Å². The zero-order valence-electron chi connectivity index (χ0n) is 15.2. The van der Waals surface area contributed by atoms with Crippen LogP contribution < -0.4 is 14.3 Å². The summed E-state index contributed by atoms with van der Waals surface area (Å²) in [6.07, 6.45) is 0.181. The standard InChI is InChI=1S/C20H18N2O5S/c1-2-25-18(23)8-9-22-14-10-15-16(27-12-26-15)11-17(14)28-20(22)21-19(24)13-6-4-3-5-7-13/h3-7,10-11H,2,8-9,12H2,1H3. The van der Waals surface area contributed by atoms with Crippen LogP contribution in [0.25, 0.3) is 10.2 Å². The van der Waals surface area contributed by atoms with Gasteiger partial charge in [0.2, 0.25) is 6.79 Å². The number of aryl methyl sites for hydroxylation is 1. The maximum absolute atomic E-state index is 12.6. The van der Waals surface area contributed by atoms with Gasteiger partial charge in [-0.2, -0.15) is 4.99 Å². The van der Waals surface area contributed by atoms with Gasteiger partial charge in [0.1, 0.15) is 0 Å². The molecule has 0 fully saturated rings. The zero-order valence-corrected chi connectivity index (χ0v) is 16.0. The van der Waals surface area contributed by atoms with Gasteiger partial charge in [0.15, 0.2) is 16.3 Å². The zero-order chi connectivity index (χ0) is 19.5. The number of fused-ring (bicyclic) bond motifs is 2. The molecule has 8 heteroatoms. The van der Waals surface area contributed by atoms with Crippen LogP contribution in [0.2, 0.25) is 0 Å². The highest BCUT2D eigenvalue weighted by Crippen LogP contribution is 2.37. The smallest absolute Gasteiger partial charge is 0.307 e. The molecule has 0 radical (unpaired) electrons. The maximum Gasteiger partial charge on any atom is 0.307 e. The van der Waals surface area contributed by atoms with Crippen LogP contribution in [0.15, 0.2) is 47.5 Å². The van der Waals surface area contributed by atoms with Crippen LogP contribution in [-0.2, 0) is 16.1 Å². The Morgan fingerprint density at radius 3 is 2.68 bits per heavy atom. The second kappa shape index (κ2) is 7.85. The Kier molecular flexibility index (Phi) is 5.12. The molecule has 3 aromatic rings. The maximum atomic E-state index is 12.6. The molecule has 1 aliphatic heterocycles. The van der Waals surface area contributed by atoms with Gasteiger partial charge >= 0.3 is 5.97 Å². The van der Waals surface area contributed by atoms with Gasteiger partial charge in [-0.1, -0.05) is 29.5 Å². The van der Waals surface area contributed by atoms with Crippen LogP contribution in [-0.4, -0.2) is 29.8 Å². The number of nitrogens with zero attached hydrogens (tertiary/aromatic N) is 2. The van der Waals surface area contributed by atoms with Crippen molar-refractivity contribution in [1.82, 2.24) is 4.57 Å². The molecule has 0 spiro atoms. The third-order valence-corrected chi connectivity index (χ3v) is 5.28. The van der Waals surface area contributed by atoms with Gasteiger partial charge < -0.3 is 18.8 Å². The Balaban J connectivity index is 1.77. The van der Waals surface area contributed by atoms with Crippen molar-refractivity contribution in [2.24, 2.45) is 4.99 Å². The molecular formula is C20H18N2O5S. The molecule has 2 aromatic carbocycles. The Bertz CT molecular complexity index is 1100. The Hall–Kier alpha value is -3.13. The number of aromatic nitrogens is 1. The number of thiazole rings is 1. The minimum Gasteiger partial charge on any atom is -0.466 e. The van der Waals surface area contributed by atoms with E-state index in [4.69, 9.17) is 14.2 Å². The van der Waals surface area contributed by atoms with E-state index < -0.39 is 0 Å². The minimum atomic E-state index is -0.336. The van der Waals surface area contributed by atoms with Crippen LogP contribution in [0.1, 0.15) is 23.7 Å². The summed E-state index contributed by atoms with van der Waals surface area (Å²) in [5.41, 5.74) is 1.34. The number of amides is 1. The van der Waals surface area contributed by atoms with Gasteiger partial charge in [0, 0.05) is 24.2 Å². The first-order valence-electron chi connectivity index (χ1n) is 8.88. The second-order valence-corrected chi connectivity index (χ2v) is 7.06. The van der Waals surface area contributed by atoms with E-state index in [1.54, 1.807) is 31.2 Å². The number of carbonyl (C=O) groups excluding carboxylic acids is 2. The molecule has 4 rings (SSSR count). The first-order valence-corrected chi connectivity index (χ1v) is 9.70. The summed E-state index contributed by atoms with van der Waals surface area (Å²) in [7, 11) is 0. The van der Waals surface area contributed by atoms with E-state index in [2.05, 4.69) is 4.99 Å². The molecule has 0 saturated heterocycles. The van der Waals surface area contributed by atoms with Crippen LogP contribution in [0.4, 0.5) is 0 Å². The van der Waals surface area contributed by atoms with Gasteiger partial charge in [-0.3, -0.25) is 9.59 Å². The molecule has 7 nitrogen and oxygen atoms in total. The number of esters is 1. The predicted octanol–water partition coefficient (Wildman–Crippen LogP) is 3.13. The third kappa shape index (κ3) is 3.63. The predicted molar refractivity (Wildman–Crippen MR) is 104 cm³/mol. The van der Waals surface area contributed by atoms with E-state index in [0.29, 0.717) is 35.0 Å². The molecule has 1 aliphatic rings. The summed E-state index contributed by atoms with van der Waals surface area (Å²) in [4.78, 5) is 29.2. The van der Waals surface area contributed by atoms with E-state index >= 15 is 0 Å². The molecule has 28 heavy (non-hydrogen) atoms. The summed E-state index contributed by atoms with van der Waals surface area (Å²) in [6, 6.07) is 12.6.